The van der Waals surface area contributed by atoms with Gasteiger partial charge >= 0.3 is 0 Å². The van der Waals surface area contributed by atoms with Crippen molar-refractivity contribution in [3.05, 3.63) is 30.1 Å². The summed E-state index contributed by atoms with van der Waals surface area (Å²) >= 11 is 3.17. The Bertz CT molecular complexity index is 524. The molecule has 0 spiro atoms. The van der Waals surface area contributed by atoms with E-state index < -0.39 is 0 Å². The minimum atomic E-state index is -0.149. The summed E-state index contributed by atoms with van der Waals surface area (Å²) in [5.41, 5.74) is 1.72. The first-order chi connectivity index (χ1) is 7.76. The summed E-state index contributed by atoms with van der Waals surface area (Å²) in [4.78, 5) is 11.5. The zero-order valence-corrected chi connectivity index (χ0v) is 10.2. The van der Waals surface area contributed by atoms with Crippen molar-refractivity contribution >= 4 is 27.4 Å². The Kier molecular flexibility index (Phi) is 3.09. The minimum absolute atomic E-state index is 0.149. The van der Waals surface area contributed by atoms with E-state index >= 15 is 0 Å². The number of amides is 1. The van der Waals surface area contributed by atoms with Crippen LogP contribution in [0.15, 0.2) is 24.5 Å². The summed E-state index contributed by atoms with van der Waals surface area (Å²) < 4.78 is 6.88. The number of hydrogen-bond donors (Lipinski definition) is 1. The lowest BCUT2D eigenvalue weighted by atomic mass is 10.2. The van der Waals surface area contributed by atoms with Crippen LogP contribution in [0.25, 0.3) is 5.52 Å². The summed E-state index contributed by atoms with van der Waals surface area (Å²) in [5, 5.41) is 6.66. The fourth-order valence-corrected chi connectivity index (χ4v) is 1.69. The molecular weight excluding hydrogens is 274 g/mol. The van der Waals surface area contributed by atoms with E-state index in [4.69, 9.17) is 4.74 Å². The number of hydrogen-bond acceptors (Lipinski definition) is 3. The van der Waals surface area contributed by atoms with Gasteiger partial charge in [0.15, 0.2) is 0 Å². The van der Waals surface area contributed by atoms with Gasteiger partial charge in [-0.05, 0) is 28.1 Å². The number of nitrogens with one attached hydrogen (secondary N) is 1. The average Bonchev–Trinajstić information content (AvgIpc) is 2.71. The zero-order valence-electron chi connectivity index (χ0n) is 8.61. The Morgan fingerprint density at radius 3 is 3.12 bits per heavy atom. The molecule has 1 N–H and O–H groups in total. The van der Waals surface area contributed by atoms with Gasteiger partial charge in [-0.1, -0.05) is 0 Å². The van der Waals surface area contributed by atoms with Crippen LogP contribution in [-0.4, -0.2) is 28.1 Å². The van der Waals surface area contributed by atoms with Gasteiger partial charge in [0.2, 0.25) is 0 Å². The van der Waals surface area contributed by atoms with Gasteiger partial charge < -0.3 is 10.1 Å². The average molecular weight is 284 g/mol. The molecule has 16 heavy (non-hydrogen) atoms. The summed E-state index contributed by atoms with van der Waals surface area (Å²) in [6.07, 6.45) is 3.26. The highest BCUT2D eigenvalue weighted by Crippen LogP contribution is 2.16. The van der Waals surface area contributed by atoms with Crippen LogP contribution in [0.5, 0.6) is 5.75 Å². The van der Waals surface area contributed by atoms with Crippen molar-refractivity contribution in [2.24, 2.45) is 0 Å². The van der Waals surface area contributed by atoms with E-state index in [1.54, 1.807) is 29.9 Å². The molecule has 5 nitrogen and oxygen atoms in total. The lowest BCUT2D eigenvalue weighted by molar-refractivity contribution is 0.0964. The number of aromatic nitrogens is 2. The first kappa shape index (κ1) is 10.9. The number of nitrogens with zero attached hydrogens (tertiary/aromatic N) is 2. The molecule has 2 heterocycles. The number of ether oxygens (including phenoxy) is 1. The highest BCUT2D eigenvalue weighted by atomic mass is 79.9. The molecule has 0 aliphatic heterocycles. The Morgan fingerprint density at radius 2 is 2.44 bits per heavy atom. The van der Waals surface area contributed by atoms with Crippen molar-refractivity contribution in [1.82, 2.24) is 14.9 Å². The monoisotopic (exact) mass is 283 g/mol. The van der Waals surface area contributed by atoms with E-state index in [1.807, 2.05) is 0 Å². The van der Waals surface area contributed by atoms with Crippen LogP contribution in [0.2, 0.25) is 0 Å². The van der Waals surface area contributed by atoms with Crippen molar-refractivity contribution in [3.63, 3.8) is 0 Å². The van der Waals surface area contributed by atoms with E-state index in [0.29, 0.717) is 16.8 Å². The predicted octanol–water partition coefficient (Wildman–Crippen LogP) is 1.43. The van der Waals surface area contributed by atoms with Crippen LogP contribution in [0, 0.1) is 0 Å². The molecule has 0 radical (unpaired) electrons. The maximum atomic E-state index is 11.5. The first-order valence-corrected chi connectivity index (χ1v) is 5.76. The molecule has 0 aliphatic rings. The quantitative estimate of drug-likeness (QED) is 0.867. The van der Waals surface area contributed by atoms with E-state index in [9.17, 15) is 4.79 Å². The zero-order chi connectivity index (χ0) is 11.5. The van der Waals surface area contributed by atoms with E-state index in [2.05, 4.69) is 26.3 Å². The normalized spacial score (nSPS) is 10.4. The Labute approximate surface area is 101 Å². The van der Waals surface area contributed by atoms with Crippen LogP contribution >= 0.6 is 15.9 Å². The van der Waals surface area contributed by atoms with Gasteiger partial charge in [0.05, 0.1) is 23.5 Å². The second-order valence-corrected chi connectivity index (χ2v) is 3.54. The lowest BCUT2D eigenvalue weighted by Crippen LogP contribution is -2.17. The van der Waals surface area contributed by atoms with Crippen molar-refractivity contribution < 1.29 is 9.53 Å². The molecule has 0 bridgehead atoms. The number of pyridine rings is 1. The molecule has 84 valence electrons. The molecule has 0 saturated carbocycles. The van der Waals surface area contributed by atoms with Gasteiger partial charge in [-0.2, -0.15) is 5.10 Å². The van der Waals surface area contributed by atoms with E-state index in [-0.39, 0.29) is 5.91 Å². The molecule has 0 aromatic carbocycles. The fraction of sp³-hybridized carbons (Fsp3) is 0.200. The second-order valence-electron chi connectivity index (χ2n) is 3.09. The molecule has 1 amide bonds. The van der Waals surface area contributed by atoms with Crippen LogP contribution in [-0.2, 0) is 0 Å². The summed E-state index contributed by atoms with van der Waals surface area (Å²) in [6.45, 7) is 0. The van der Waals surface area contributed by atoms with Gasteiger partial charge in [-0.25, -0.2) is 4.52 Å². The molecular formula is C10H10BrN3O2. The molecule has 0 aliphatic carbocycles. The van der Waals surface area contributed by atoms with Gasteiger partial charge in [-0.3, -0.25) is 4.79 Å². The summed E-state index contributed by atoms with van der Waals surface area (Å²) in [5.74, 6) is 0.542. The third-order valence-electron chi connectivity index (χ3n) is 2.18. The van der Waals surface area contributed by atoms with Crippen molar-refractivity contribution in [3.8, 4) is 5.75 Å². The third kappa shape index (κ3) is 1.88. The first-order valence-electron chi connectivity index (χ1n) is 4.64. The Morgan fingerprint density at radius 1 is 1.62 bits per heavy atom. The number of fused-ring (bicyclic) bond motifs is 1. The number of rotatable bonds is 3. The molecule has 2 aromatic rings. The van der Waals surface area contributed by atoms with Crippen LogP contribution in [0.3, 0.4) is 0 Å². The van der Waals surface area contributed by atoms with Crippen LogP contribution < -0.4 is 10.1 Å². The minimum Gasteiger partial charge on any atom is -0.481 e. The molecule has 0 saturated heterocycles. The standard InChI is InChI=1S/C10H10BrN3O2/c1-12-10(15)8-4-13-14-5-7(16-6-11)2-3-9(8)14/h2-5H,6H2,1H3,(H,12,15). The molecule has 0 unspecified atom stereocenters. The lowest BCUT2D eigenvalue weighted by Gasteiger charge is -2.02. The molecule has 6 heteroatoms. The van der Waals surface area contributed by atoms with Crippen molar-refractivity contribution in [2.45, 2.75) is 0 Å². The topological polar surface area (TPSA) is 55.6 Å². The maximum absolute atomic E-state index is 11.5. The van der Waals surface area contributed by atoms with Gasteiger partial charge in [-0.15, -0.1) is 0 Å². The highest BCUT2D eigenvalue weighted by molar-refractivity contribution is 9.09. The number of halogens is 1. The molecule has 2 rings (SSSR count). The molecule has 2 aromatic heterocycles. The molecule has 0 atom stereocenters. The van der Waals surface area contributed by atoms with E-state index in [1.165, 1.54) is 6.20 Å². The SMILES string of the molecule is CNC(=O)c1cnn2cc(OCBr)ccc12. The van der Waals surface area contributed by atoms with Gasteiger partial charge in [0, 0.05) is 7.05 Å². The maximum Gasteiger partial charge on any atom is 0.254 e. The number of alkyl halides is 1. The summed E-state index contributed by atoms with van der Waals surface area (Å²) in [7, 11) is 1.59. The van der Waals surface area contributed by atoms with E-state index in [0.717, 1.165) is 5.52 Å². The van der Waals surface area contributed by atoms with Crippen LogP contribution in [0.4, 0.5) is 0 Å². The Balaban J connectivity index is 2.46. The predicted molar refractivity (Wildman–Crippen MR) is 63.0 cm³/mol. The van der Waals surface area contributed by atoms with Gasteiger partial charge in [0.1, 0.15) is 11.3 Å². The summed E-state index contributed by atoms with van der Waals surface area (Å²) in [6, 6.07) is 3.60. The van der Waals surface area contributed by atoms with Crippen molar-refractivity contribution in [2.75, 3.05) is 12.6 Å². The number of carbonyl (C=O) groups is 1. The van der Waals surface area contributed by atoms with Crippen molar-refractivity contribution in [1.29, 1.82) is 0 Å². The largest absolute Gasteiger partial charge is 0.481 e. The second kappa shape index (κ2) is 4.52. The van der Waals surface area contributed by atoms with Gasteiger partial charge in [0.25, 0.3) is 5.91 Å². The smallest absolute Gasteiger partial charge is 0.254 e. The highest BCUT2D eigenvalue weighted by Gasteiger charge is 2.10. The fourth-order valence-electron chi connectivity index (χ4n) is 1.42. The number of carbonyl (C=O) groups excluding carboxylic acids is 1. The molecule has 0 fully saturated rings. The van der Waals surface area contributed by atoms with Crippen LogP contribution in [0.1, 0.15) is 10.4 Å². The Hall–Kier alpha value is -1.56. The third-order valence-corrected chi connectivity index (χ3v) is 2.41.